The van der Waals surface area contributed by atoms with E-state index >= 15 is 0 Å². The first kappa shape index (κ1) is 23.8. The van der Waals surface area contributed by atoms with Gasteiger partial charge in [0.25, 0.3) is 5.91 Å². The van der Waals surface area contributed by atoms with Crippen LogP contribution in [0, 0.1) is 0 Å². The van der Waals surface area contributed by atoms with Gasteiger partial charge in [-0.3, -0.25) is 9.69 Å². The summed E-state index contributed by atoms with van der Waals surface area (Å²) >= 11 is 6.79. The minimum atomic E-state index is -0.0496. The summed E-state index contributed by atoms with van der Waals surface area (Å²) in [6, 6.07) is 10.3. The second-order valence-electron chi connectivity index (χ2n) is 8.59. The number of furan rings is 1. The van der Waals surface area contributed by atoms with Gasteiger partial charge in [-0.25, -0.2) is 0 Å². The number of nitrogens with zero attached hydrogens (tertiary/aromatic N) is 1. The van der Waals surface area contributed by atoms with Crippen LogP contribution >= 0.6 is 24.0 Å². The van der Waals surface area contributed by atoms with Crippen LogP contribution in [0.3, 0.4) is 0 Å². The lowest BCUT2D eigenvalue weighted by molar-refractivity contribution is -0.122. The number of carbonyl (C=O) groups excluding carboxylic acids is 1. The molecule has 1 aromatic carbocycles. The summed E-state index contributed by atoms with van der Waals surface area (Å²) in [7, 11) is 0. The maximum atomic E-state index is 12.9. The molecule has 1 saturated heterocycles. The van der Waals surface area contributed by atoms with E-state index in [1.807, 2.05) is 12.1 Å². The van der Waals surface area contributed by atoms with E-state index in [0.29, 0.717) is 27.3 Å². The number of carbonyl (C=O) groups is 1. The van der Waals surface area contributed by atoms with Gasteiger partial charge in [0.15, 0.2) is 0 Å². The Balaban J connectivity index is 1.35. The predicted molar refractivity (Wildman–Crippen MR) is 140 cm³/mol. The Labute approximate surface area is 205 Å². The van der Waals surface area contributed by atoms with Crippen molar-refractivity contribution in [1.82, 2.24) is 4.90 Å². The first-order valence-corrected chi connectivity index (χ1v) is 13.1. The van der Waals surface area contributed by atoms with Gasteiger partial charge < -0.3 is 9.52 Å². The Morgan fingerprint density at radius 3 is 2.64 bits per heavy atom. The second-order valence-corrected chi connectivity index (χ2v) is 10.3. The topological polar surface area (TPSA) is 53.7 Å². The van der Waals surface area contributed by atoms with Crippen LogP contribution in [-0.4, -0.2) is 26.8 Å². The van der Waals surface area contributed by atoms with Crippen LogP contribution in [-0.2, 0) is 17.6 Å². The van der Waals surface area contributed by atoms with Gasteiger partial charge in [-0.15, -0.1) is 0 Å². The van der Waals surface area contributed by atoms with Crippen LogP contribution < -0.4 is 0 Å². The number of hydrogen-bond donors (Lipinski definition) is 1. The molecule has 1 saturated carbocycles. The molecule has 0 radical (unpaired) electrons. The van der Waals surface area contributed by atoms with Gasteiger partial charge in [-0.05, 0) is 73.4 Å². The van der Waals surface area contributed by atoms with Crippen molar-refractivity contribution < 1.29 is 14.3 Å². The standard InChI is InChI=1S/C27H31NO3S2/c1-3-18-9-12-21(16-19(18)4-2)24-14-13-22(31-24)17-25-26(30)28(27(32)33-25)15-7-5-6-8-23(29)20-10-11-20/h9,12-14,16-17,29H,3-8,10-11,15H2,1-2H3/b25-17+. The number of aryl methyl sites for hydroxylation is 2. The van der Waals surface area contributed by atoms with E-state index in [1.165, 1.54) is 28.5 Å². The molecule has 2 aliphatic rings. The van der Waals surface area contributed by atoms with Gasteiger partial charge in [0.2, 0.25) is 0 Å². The molecule has 1 aliphatic heterocycles. The van der Waals surface area contributed by atoms with Crippen molar-refractivity contribution in [1.29, 1.82) is 0 Å². The lowest BCUT2D eigenvalue weighted by atomic mass is 9.99. The quantitative estimate of drug-likeness (QED) is 0.165. The van der Waals surface area contributed by atoms with Gasteiger partial charge >= 0.3 is 0 Å². The number of thiocarbonyl (C=S) groups is 1. The third-order valence-electron chi connectivity index (χ3n) is 6.23. The van der Waals surface area contributed by atoms with Crippen LogP contribution in [0.15, 0.2) is 51.0 Å². The van der Waals surface area contributed by atoms with E-state index in [0.717, 1.165) is 62.7 Å². The maximum Gasteiger partial charge on any atom is 0.266 e. The summed E-state index contributed by atoms with van der Waals surface area (Å²) in [4.78, 5) is 15.2. The molecule has 0 unspecified atom stereocenters. The molecule has 33 heavy (non-hydrogen) atoms. The molecule has 0 bridgehead atoms. The third kappa shape index (κ3) is 5.79. The normalized spacial score (nSPS) is 16.8. The zero-order valence-corrected chi connectivity index (χ0v) is 21.0. The molecular formula is C27H31NO3S2. The molecule has 1 amide bonds. The minimum Gasteiger partial charge on any atom is -0.512 e. The van der Waals surface area contributed by atoms with E-state index < -0.39 is 0 Å². The van der Waals surface area contributed by atoms with Crippen molar-refractivity contribution in [3.63, 3.8) is 0 Å². The van der Waals surface area contributed by atoms with Gasteiger partial charge in [0.1, 0.15) is 15.8 Å². The van der Waals surface area contributed by atoms with E-state index in [4.69, 9.17) is 16.6 Å². The highest BCUT2D eigenvalue weighted by molar-refractivity contribution is 8.26. The zero-order chi connectivity index (χ0) is 23.4. The predicted octanol–water partition coefficient (Wildman–Crippen LogP) is 7.44. The maximum absolute atomic E-state index is 12.9. The highest BCUT2D eigenvalue weighted by Gasteiger charge is 2.31. The number of aliphatic hydroxyl groups is 1. The number of aliphatic hydroxyl groups excluding tert-OH is 1. The molecule has 0 atom stereocenters. The highest BCUT2D eigenvalue weighted by Crippen LogP contribution is 2.35. The monoisotopic (exact) mass is 481 g/mol. The third-order valence-corrected chi connectivity index (χ3v) is 7.61. The van der Waals surface area contributed by atoms with Gasteiger partial charge in [0, 0.05) is 24.6 Å². The van der Waals surface area contributed by atoms with Crippen molar-refractivity contribution in [3.8, 4) is 11.3 Å². The van der Waals surface area contributed by atoms with Gasteiger partial charge in [0.05, 0.1) is 10.7 Å². The van der Waals surface area contributed by atoms with Crippen molar-refractivity contribution in [2.24, 2.45) is 0 Å². The molecule has 2 fully saturated rings. The molecule has 1 N–H and O–H groups in total. The molecule has 1 aromatic heterocycles. The highest BCUT2D eigenvalue weighted by atomic mass is 32.2. The van der Waals surface area contributed by atoms with Crippen LogP contribution in [0.4, 0.5) is 0 Å². The number of hydrogen-bond acceptors (Lipinski definition) is 5. The smallest absolute Gasteiger partial charge is 0.266 e. The minimum absolute atomic E-state index is 0.0496. The Bertz CT molecular complexity index is 1110. The lowest BCUT2D eigenvalue weighted by Gasteiger charge is -2.13. The van der Waals surface area contributed by atoms with E-state index in [2.05, 4.69) is 32.0 Å². The largest absolute Gasteiger partial charge is 0.512 e. The Hall–Kier alpha value is -2.31. The molecule has 174 valence electrons. The van der Waals surface area contributed by atoms with Crippen molar-refractivity contribution in [2.75, 3.05) is 6.54 Å². The number of thioether (sulfide) groups is 1. The summed E-state index contributed by atoms with van der Waals surface area (Å²) < 4.78 is 6.65. The molecule has 2 heterocycles. The van der Waals surface area contributed by atoms with Crippen LogP contribution in [0.5, 0.6) is 0 Å². The Kier molecular flexibility index (Phi) is 7.76. The number of allylic oxidation sites excluding steroid dienone is 2. The van der Waals surface area contributed by atoms with Crippen LogP contribution in [0.25, 0.3) is 17.4 Å². The summed E-state index contributed by atoms with van der Waals surface area (Å²) in [5.74, 6) is 1.99. The van der Waals surface area contributed by atoms with Gasteiger partial charge in [-0.1, -0.05) is 56.4 Å². The molecular weight excluding hydrogens is 450 g/mol. The average molecular weight is 482 g/mol. The summed E-state index contributed by atoms with van der Waals surface area (Å²) in [6.07, 6.45) is 9.44. The van der Waals surface area contributed by atoms with Crippen LogP contribution in [0.1, 0.15) is 69.3 Å². The van der Waals surface area contributed by atoms with Crippen molar-refractivity contribution >= 4 is 40.3 Å². The summed E-state index contributed by atoms with van der Waals surface area (Å²) in [5.41, 5.74) is 4.98. The average Bonchev–Trinajstić information content (AvgIpc) is 3.52. The number of amides is 1. The Morgan fingerprint density at radius 1 is 1.12 bits per heavy atom. The second kappa shape index (κ2) is 10.7. The number of unbranched alkanes of at least 4 members (excludes halogenated alkanes) is 2. The molecule has 4 rings (SSSR count). The summed E-state index contributed by atoms with van der Waals surface area (Å²) in [5, 5.41) is 9.86. The van der Waals surface area contributed by atoms with E-state index in [1.54, 1.807) is 11.0 Å². The fourth-order valence-corrected chi connectivity index (χ4v) is 5.42. The number of benzene rings is 1. The summed E-state index contributed by atoms with van der Waals surface area (Å²) in [6.45, 7) is 4.96. The van der Waals surface area contributed by atoms with E-state index in [9.17, 15) is 9.90 Å². The molecule has 0 spiro atoms. The fourth-order valence-electron chi connectivity index (χ4n) is 4.13. The van der Waals surface area contributed by atoms with Gasteiger partial charge in [-0.2, -0.15) is 0 Å². The molecule has 4 nitrogen and oxygen atoms in total. The fraction of sp³-hybridized carbons (Fsp3) is 0.407. The number of rotatable bonds is 10. The lowest BCUT2D eigenvalue weighted by Crippen LogP contribution is -2.29. The van der Waals surface area contributed by atoms with Crippen molar-refractivity contribution in [2.45, 2.75) is 65.2 Å². The first-order valence-electron chi connectivity index (χ1n) is 11.9. The SMILES string of the molecule is CCc1ccc(-c2ccc(/C=C3/SC(=S)N(CCCCCC(O)=C4CC4)C3=O)o2)cc1CC. The van der Waals surface area contributed by atoms with Crippen LogP contribution in [0.2, 0.25) is 0 Å². The van der Waals surface area contributed by atoms with E-state index in [-0.39, 0.29) is 5.91 Å². The molecule has 2 aromatic rings. The molecule has 6 heteroatoms. The van der Waals surface area contributed by atoms with Crippen molar-refractivity contribution in [3.05, 3.63) is 63.5 Å². The molecule has 1 aliphatic carbocycles. The first-order chi connectivity index (χ1) is 16.0. The zero-order valence-electron chi connectivity index (χ0n) is 19.4. The Morgan fingerprint density at radius 2 is 1.91 bits per heavy atom.